The molecule has 0 aromatic heterocycles. The predicted molar refractivity (Wildman–Crippen MR) is 109 cm³/mol. The molecule has 0 radical (unpaired) electrons. The maximum Gasteiger partial charge on any atom is 0.303 e. The summed E-state index contributed by atoms with van der Waals surface area (Å²) in [5, 5.41) is 39.4. The molecule has 1 aromatic rings. The number of allylic oxidation sites excluding steroid dienone is 2. The molecule has 1 aliphatic rings. The Balaban J connectivity index is 1.82. The number of rotatable bonds is 11. The van der Waals surface area contributed by atoms with E-state index in [0.29, 0.717) is 32.1 Å². The minimum absolute atomic E-state index is 0.0942. The molecule has 4 N–H and O–H groups in total. The number of benzene rings is 1. The molecule has 5 atom stereocenters. The summed E-state index contributed by atoms with van der Waals surface area (Å²) in [6.45, 7) is 0. The fraction of sp³-hybridized carbons (Fsp3) is 0.522. The summed E-state index contributed by atoms with van der Waals surface area (Å²) in [4.78, 5) is 10.5. The monoisotopic (exact) mass is 388 g/mol. The fourth-order valence-corrected chi connectivity index (χ4v) is 3.76. The molecular weight excluding hydrogens is 356 g/mol. The third-order valence-electron chi connectivity index (χ3n) is 5.38. The number of hydrogen-bond acceptors (Lipinski definition) is 4. The first-order chi connectivity index (χ1) is 13.5. The molecule has 0 aliphatic heterocycles. The van der Waals surface area contributed by atoms with E-state index in [-0.39, 0.29) is 18.3 Å². The van der Waals surface area contributed by atoms with Crippen LogP contribution in [-0.4, -0.2) is 44.7 Å². The van der Waals surface area contributed by atoms with Crippen molar-refractivity contribution in [3.63, 3.8) is 0 Å². The second-order valence-corrected chi connectivity index (χ2v) is 7.58. The summed E-state index contributed by atoms with van der Waals surface area (Å²) in [5.41, 5.74) is 1.18. The van der Waals surface area contributed by atoms with Crippen LogP contribution >= 0.6 is 0 Å². The van der Waals surface area contributed by atoms with Crippen LogP contribution in [0.2, 0.25) is 0 Å². The van der Waals surface area contributed by atoms with Crippen LogP contribution in [0.1, 0.15) is 44.1 Å². The molecule has 1 saturated carbocycles. The molecule has 1 aromatic carbocycles. The average Bonchev–Trinajstić information content (AvgIpc) is 2.94. The van der Waals surface area contributed by atoms with Gasteiger partial charge in [-0.25, -0.2) is 0 Å². The van der Waals surface area contributed by atoms with Crippen LogP contribution in [0, 0.1) is 11.8 Å². The normalized spacial score (nSPS) is 26.2. The summed E-state index contributed by atoms with van der Waals surface area (Å²) in [7, 11) is 0. The Kier molecular flexibility index (Phi) is 9.41. The third kappa shape index (κ3) is 7.58. The number of aliphatic hydroxyl groups excluding tert-OH is 3. The highest BCUT2D eigenvalue weighted by atomic mass is 16.4. The van der Waals surface area contributed by atoms with Gasteiger partial charge in [0.1, 0.15) is 0 Å². The van der Waals surface area contributed by atoms with Crippen LogP contribution in [0.25, 0.3) is 0 Å². The van der Waals surface area contributed by atoms with E-state index in [4.69, 9.17) is 5.11 Å². The van der Waals surface area contributed by atoms with E-state index in [9.17, 15) is 20.1 Å². The standard InChI is InChI=1S/C23H32O5/c24-18(13-12-17-8-4-3-5-9-17)14-15-20-19(21(25)16-22(20)26)10-6-1-2-7-11-23(27)28/h1,3-6,8-9,14-15,18-22,24-26H,2,7,10-13,16H2,(H,27,28)/b6-1+,15-14+. The second-order valence-electron chi connectivity index (χ2n) is 7.58. The number of unbranched alkanes of at least 4 members (excludes halogenated alkanes) is 1. The van der Waals surface area contributed by atoms with Gasteiger partial charge >= 0.3 is 5.97 Å². The number of carboxylic acids is 1. The Morgan fingerprint density at radius 2 is 1.89 bits per heavy atom. The van der Waals surface area contributed by atoms with Gasteiger partial charge in [-0.15, -0.1) is 0 Å². The van der Waals surface area contributed by atoms with E-state index < -0.39 is 24.3 Å². The number of hydrogen-bond donors (Lipinski definition) is 4. The van der Waals surface area contributed by atoms with E-state index in [1.807, 2.05) is 48.6 Å². The largest absolute Gasteiger partial charge is 0.481 e. The molecule has 5 unspecified atom stereocenters. The van der Waals surface area contributed by atoms with Crippen LogP contribution in [0.5, 0.6) is 0 Å². The van der Waals surface area contributed by atoms with Crippen LogP contribution in [-0.2, 0) is 11.2 Å². The van der Waals surface area contributed by atoms with Gasteiger partial charge in [0.15, 0.2) is 0 Å². The first-order valence-electron chi connectivity index (χ1n) is 10.1. The zero-order valence-electron chi connectivity index (χ0n) is 16.2. The SMILES string of the molecule is O=C(O)CCC/C=C/CC1C(O)CC(O)C1/C=C/C(O)CCc1ccccc1. The van der Waals surface area contributed by atoms with E-state index in [0.717, 1.165) is 6.42 Å². The number of carbonyl (C=O) groups is 1. The molecular formula is C23H32O5. The van der Waals surface area contributed by atoms with Gasteiger partial charge in [0, 0.05) is 18.8 Å². The highest BCUT2D eigenvalue weighted by Gasteiger charge is 2.39. The molecule has 5 heteroatoms. The minimum Gasteiger partial charge on any atom is -0.481 e. The lowest BCUT2D eigenvalue weighted by molar-refractivity contribution is -0.137. The minimum atomic E-state index is -0.793. The van der Waals surface area contributed by atoms with Gasteiger partial charge in [0.2, 0.25) is 0 Å². The van der Waals surface area contributed by atoms with Gasteiger partial charge in [0.25, 0.3) is 0 Å². The molecule has 5 nitrogen and oxygen atoms in total. The van der Waals surface area contributed by atoms with E-state index in [2.05, 4.69) is 0 Å². The first-order valence-corrected chi connectivity index (χ1v) is 10.1. The van der Waals surface area contributed by atoms with Crippen molar-refractivity contribution in [3.8, 4) is 0 Å². The summed E-state index contributed by atoms with van der Waals surface area (Å²) in [6.07, 6.45) is 9.51. The first kappa shape index (κ1) is 22.3. The number of aliphatic hydroxyl groups is 3. The van der Waals surface area contributed by atoms with Crippen LogP contribution in [0.15, 0.2) is 54.6 Å². The Labute approximate surface area is 167 Å². The molecule has 0 heterocycles. The zero-order valence-corrected chi connectivity index (χ0v) is 16.2. The van der Waals surface area contributed by atoms with Crippen molar-refractivity contribution in [1.82, 2.24) is 0 Å². The van der Waals surface area contributed by atoms with Crippen molar-refractivity contribution < 1.29 is 25.2 Å². The lowest BCUT2D eigenvalue weighted by atomic mass is 9.89. The molecule has 2 rings (SSSR count). The highest BCUT2D eigenvalue weighted by Crippen LogP contribution is 2.36. The van der Waals surface area contributed by atoms with Crippen molar-refractivity contribution in [2.75, 3.05) is 0 Å². The number of aliphatic carboxylic acids is 1. The fourth-order valence-electron chi connectivity index (χ4n) is 3.76. The van der Waals surface area contributed by atoms with Gasteiger partial charge in [-0.1, -0.05) is 54.6 Å². The van der Waals surface area contributed by atoms with E-state index >= 15 is 0 Å². The van der Waals surface area contributed by atoms with Gasteiger partial charge in [-0.3, -0.25) is 4.79 Å². The average molecular weight is 389 g/mol. The van der Waals surface area contributed by atoms with E-state index in [1.165, 1.54) is 5.56 Å². The Bertz CT molecular complexity index is 640. The molecule has 0 bridgehead atoms. The summed E-state index contributed by atoms with van der Waals surface area (Å²) in [6, 6.07) is 9.99. The topological polar surface area (TPSA) is 98.0 Å². The maximum absolute atomic E-state index is 10.5. The summed E-state index contributed by atoms with van der Waals surface area (Å²) < 4.78 is 0. The maximum atomic E-state index is 10.5. The highest BCUT2D eigenvalue weighted by molar-refractivity contribution is 5.66. The molecule has 0 saturated heterocycles. The number of carboxylic acid groups (broad SMARTS) is 1. The van der Waals surface area contributed by atoms with Gasteiger partial charge in [-0.2, -0.15) is 0 Å². The van der Waals surface area contributed by atoms with E-state index in [1.54, 1.807) is 6.08 Å². The Morgan fingerprint density at radius 1 is 1.14 bits per heavy atom. The van der Waals surface area contributed by atoms with Crippen molar-refractivity contribution in [2.24, 2.45) is 11.8 Å². The van der Waals surface area contributed by atoms with Gasteiger partial charge in [0.05, 0.1) is 18.3 Å². The molecule has 0 amide bonds. The third-order valence-corrected chi connectivity index (χ3v) is 5.38. The van der Waals surface area contributed by atoms with Gasteiger partial charge in [-0.05, 0) is 43.6 Å². The molecule has 1 fully saturated rings. The van der Waals surface area contributed by atoms with Crippen LogP contribution in [0.3, 0.4) is 0 Å². The Hall–Kier alpha value is -1.95. The zero-order chi connectivity index (χ0) is 20.4. The molecule has 0 spiro atoms. The molecule has 1 aliphatic carbocycles. The van der Waals surface area contributed by atoms with Crippen molar-refractivity contribution in [1.29, 1.82) is 0 Å². The second kappa shape index (κ2) is 11.8. The van der Waals surface area contributed by atoms with Crippen molar-refractivity contribution >= 4 is 5.97 Å². The van der Waals surface area contributed by atoms with Gasteiger partial charge < -0.3 is 20.4 Å². The number of aryl methyl sites for hydroxylation is 1. The lowest BCUT2D eigenvalue weighted by Crippen LogP contribution is -2.20. The summed E-state index contributed by atoms with van der Waals surface area (Å²) in [5.74, 6) is -1.08. The Morgan fingerprint density at radius 3 is 2.61 bits per heavy atom. The lowest BCUT2D eigenvalue weighted by Gasteiger charge is -2.19. The quantitative estimate of drug-likeness (QED) is 0.345. The van der Waals surface area contributed by atoms with Crippen molar-refractivity contribution in [3.05, 3.63) is 60.2 Å². The van der Waals surface area contributed by atoms with Crippen LogP contribution in [0.4, 0.5) is 0 Å². The van der Waals surface area contributed by atoms with Crippen molar-refractivity contribution in [2.45, 2.75) is 63.3 Å². The molecule has 28 heavy (non-hydrogen) atoms. The molecule has 154 valence electrons. The predicted octanol–water partition coefficient (Wildman–Crippen LogP) is 3.10. The van der Waals surface area contributed by atoms with Crippen LogP contribution < -0.4 is 0 Å². The smallest absolute Gasteiger partial charge is 0.303 e. The summed E-state index contributed by atoms with van der Waals surface area (Å²) >= 11 is 0.